The third-order valence-electron chi connectivity index (χ3n) is 6.03. The van der Waals surface area contributed by atoms with Gasteiger partial charge >= 0.3 is 5.97 Å². The number of nitrogens with one attached hydrogen (secondary N) is 1. The smallest absolute Gasteiger partial charge is 0.310 e. The molecule has 1 N–H and O–H groups in total. The van der Waals surface area contributed by atoms with Crippen LogP contribution >= 0.6 is 0 Å². The molecule has 0 atom stereocenters. The van der Waals surface area contributed by atoms with Crippen LogP contribution in [0.25, 0.3) is 0 Å². The zero-order valence-corrected chi connectivity index (χ0v) is 20.0. The Kier molecular flexibility index (Phi) is 8.35. The van der Waals surface area contributed by atoms with Gasteiger partial charge in [-0.05, 0) is 35.9 Å². The number of methoxy groups -OCH3 is 1. The second-order valence-electron chi connectivity index (χ2n) is 8.49. The molecule has 35 heavy (non-hydrogen) atoms. The summed E-state index contributed by atoms with van der Waals surface area (Å²) in [7, 11) is 1.55. The third kappa shape index (κ3) is 7.07. The molecule has 7 nitrogen and oxygen atoms in total. The number of hydrogen-bond donors (Lipinski definition) is 1. The van der Waals surface area contributed by atoms with Gasteiger partial charge < -0.3 is 19.7 Å². The van der Waals surface area contributed by atoms with Crippen molar-refractivity contribution < 1.29 is 19.1 Å². The fourth-order valence-electron chi connectivity index (χ4n) is 4.16. The lowest BCUT2D eigenvalue weighted by molar-refractivity contribution is -0.146. The van der Waals surface area contributed by atoms with E-state index in [2.05, 4.69) is 39.4 Å². The number of amides is 1. The summed E-state index contributed by atoms with van der Waals surface area (Å²) >= 11 is 0. The highest BCUT2D eigenvalue weighted by molar-refractivity contribution is 5.93. The maximum absolute atomic E-state index is 12.2. The molecule has 3 aromatic rings. The number of anilines is 2. The Labute approximate surface area is 206 Å². The van der Waals surface area contributed by atoms with Crippen LogP contribution < -0.4 is 15.0 Å². The van der Waals surface area contributed by atoms with E-state index in [1.165, 1.54) is 5.56 Å². The molecule has 0 bridgehead atoms. The third-order valence-corrected chi connectivity index (χ3v) is 6.03. The van der Waals surface area contributed by atoms with Crippen molar-refractivity contribution in [1.82, 2.24) is 4.90 Å². The van der Waals surface area contributed by atoms with Gasteiger partial charge in [0, 0.05) is 49.7 Å². The molecule has 1 aliphatic heterocycles. The average Bonchev–Trinajstić information content (AvgIpc) is 2.89. The number of esters is 1. The van der Waals surface area contributed by atoms with Gasteiger partial charge in [0.25, 0.3) is 5.91 Å². The number of carbonyl (C=O) groups is 2. The molecule has 0 saturated carbocycles. The SMILES string of the molecule is COc1ccccc1CC(=O)OCC(=O)Nc1ccc(N2CCN(Cc3ccccc3)CC2)cc1. The van der Waals surface area contributed by atoms with Gasteiger partial charge in [-0.1, -0.05) is 48.5 Å². The van der Waals surface area contributed by atoms with Crippen LogP contribution in [0, 0.1) is 0 Å². The lowest BCUT2D eigenvalue weighted by Crippen LogP contribution is -2.45. The topological polar surface area (TPSA) is 71.1 Å². The zero-order valence-electron chi connectivity index (χ0n) is 20.0. The minimum absolute atomic E-state index is 0.0462. The van der Waals surface area contributed by atoms with Crippen LogP contribution in [0.2, 0.25) is 0 Å². The fourth-order valence-corrected chi connectivity index (χ4v) is 4.16. The highest BCUT2D eigenvalue weighted by atomic mass is 16.5. The summed E-state index contributed by atoms with van der Waals surface area (Å²) in [5.41, 5.74) is 3.86. The molecule has 0 aromatic heterocycles. The molecule has 7 heteroatoms. The van der Waals surface area contributed by atoms with Crippen LogP contribution in [0.4, 0.5) is 11.4 Å². The molecule has 0 unspecified atom stereocenters. The van der Waals surface area contributed by atoms with Crippen LogP contribution in [0.5, 0.6) is 5.75 Å². The second-order valence-corrected chi connectivity index (χ2v) is 8.49. The molecule has 1 aliphatic rings. The van der Waals surface area contributed by atoms with Crippen LogP contribution in [0.1, 0.15) is 11.1 Å². The Morgan fingerprint density at radius 3 is 2.26 bits per heavy atom. The van der Waals surface area contributed by atoms with Crippen molar-refractivity contribution >= 4 is 23.3 Å². The molecule has 1 amide bonds. The molecule has 0 aliphatic carbocycles. The number of para-hydroxylation sites is 1. The molecule has 3 aromatic carbocycles. The van der Waals surface area contributed by atoms with E-state index >= 15 is 0 Å². The Balaban J connectivity index is 1.20. The summed E-state index contributed by atoms with van der Waals surface area (Å²) in [4.78, 5) is 29.2. The molecule has 1 fully saturated rings. The summed E-state index contributed by atoms with van der Waals surface area (Å²) in [6.07, 6.45) is 0.0462. The van der Waals surface area contributed by atoms with Gasteiger partial charge in [-0.25, -0.2) is 0 Å². The van der Waals surface area contributed by atoms with Crippen molar-refractivity contribution in [1.29, 1.82) is 0 Å². The van der Waals surface area contributed by atoms with Gasteiger partial charge in [0.05, 0.1) is 13.5 Å². The fraction of sp³-hybridized carbons (Fsp3) is 0.286. The number of rotatable bonds is 9. The molecular weight excluding hydrogens is 442 g/mol. The summed E-state index contributed by atoms with van der Waals surface area (Å²) in [5, 5.41) is 2.78. The Morgan fingerprint density at radius 1 is 0.857 bits per heavy atom. The maximum Gasteiger partial charge on any atom is 0.310 e. The second kappa shape index (κ2) is 12.0. The van der Waals surface area contributed by atoms with Crippen LogP contribution in [0.15, 0.2) is 78.9 Å². The van der Waals surface area contributed by atoms with Crippen molar-refractivity contribution in [3.8, 4) is 5.75 Å². The first-order valence-electron chi connectivity index (χ1n) is 11.8. The van der Waals surface area contributed by atoms with E-state index in [1.807, 2.05) is 42.5 Å². The first kappa shape index (κ1) is 24.3. The van der Waals surface area contributed by atoms with E-state index < -0.39 is 5.97 Å². The lowest BCUT2D eigenvalue weighted by Gasteiger charge is -2.36. The number of hydrogen-bond acceptors (Lipinski definition) is 6. The number of nitrogens with zero attached hydrogens (tertiary/aromatic N) is 2. The predicted octanol–water partition coefficient (Wildman–Crippen LogP) is 3.74. The summed E-state index contributed by atoms with van der Waals surface area (Å²) in [6.45, 7) is 4.57. The minimum Gasteiger partial charge on any atom is -0.496 e. The summed E-state index contributed by atoms with van der Waals surface area (Å²) in [6, 6.07) is 25.5. The summed E-state index contributed by atoms with van der Waals surface area (Å²) < 4.78 is 10.4. The van der Waals surface area contributed by atoms with E-state index in [1.54, 1.807) is 19.2 Å². The molecule has 1 saturated heterocycles. The van der Waals surface area contributed by atoms with Crippen molar-refractivity contribution in [3.05, 3.63) is 90.0 Å². The largest absolute Gasteiger partial charge is 0.496 e. The summed E-state index contributed by atoms with van der Waals surface area (Å²) in [5.74, 6) is -0.237. The standard InChI is InChI=1S/C28H31N3O4/c1-34-26-10-6-5-9-23(26)19-28(33)35-21-27(32)29-24-11-13-25(14-12-24)31-17-15-30(16-18-31)20-22-7-3-2-4-8-22/h2-14H,15-21H2,1H3,(H,29,32). The normalized spacial score (nSPS) is 13.8. The maximum atomic E-state index is 12.2. The first-order valence-corrected chi connectivity index (χ1v) is 11.8. The Morgan fingerprint density at radius 2 is 1.54 bits per heavy atom. The van der Waals surface area contributed by atoms with Gasteiger partial charge in [0.1, 0.15) is 5.75 Å². The molecule has 0 spiro atoms. The average molecular weight is 474 g/mol. The van der Waals surface area contributed by atoms with Gasteiger partial charge in [-0.15, -0.1) is 0 Å². The van der Waals surface area contributed by atoms with Gasteiger partial charge in [0.15, 0.2) is 6.61 Å². The zero-order chi connectivity index (χ0) is 24.5. The number of carbonyl (C=O) groups excluding carboxylic acids is 2. The highest BCUT2D eigenvalue weighted by Crippen LogP contribution is 2.21. The number of piperazine rings is 1. The monoisotopic (exact) mass is 473 g/mol. The van der Waals surface area contributed by atoms with Crippen LogP contribution in [-0.2, 0) is 27.3 Å². The number of benzene rings is 3. The van der Waals surface area contributed by atoms with Crippen molar-refractivity contribution in [2.24, 2.45) is 0 Å². The molecular formula is C28H31N3O4. The van der Waals surface area contributed by atoms with Gasteiger partial charge in [0.2, 0.25) is 0 Å². The van der Waals surface area contributed by atoms with E-state index in [0.29, 0.717) is 11.4 Å². The molecule has 0 radical (unpaired) electrons. The van der Waals surface area contributed by atoms with E-state index in [4.69, 9.17) is 9.47 Å². The Bertz CT molecular complexity index is 1110. The van der Waals surface area contributed by atoms with Crippen LogP contribution in [-0.4, -0.2) is 56.7 Å². The predicted molar refractivity (Wildman–Crippen MR) is 137 cm³/mol. The van der Waals surface area contributed by atoms with Gasteiger partial charge in [-0.3, -0.25) is 14.5 Å². The number of ether oxygens (including phenoxy) is 2. The molecule has 182 valence electrons. The van der Waals surface area contributed by atoms with Crippen molar-refractivity contribution in [2.75, 3.05) is 50.1 Å². The minimum atomic E-state index is -0.480. The highest BCUT2D eigenvalue weighted by Gasteiger charge is 2.17. The van der Waals surface area contributed by atoms with E-state index in [0.717, 1.165) is 44.0 Å². The van der Waals surface area contributed by atoms with Crippen molar-refractivity contribution in [2.45, 2.75) is 13.0 Å². The van der Waals surface area contributed by atoms with Gasteiger partial charge in [-0.2, -0.15) is 0 Å². The lowest BCUT2D eigenvalue weighted by atomic mass is 10.1. The Hall–Kier alpha value is -3.84. The molecule has 1 heterocycles. The van der Waals surface area contributed by atoms with E-state index in [9.17, 15) is 9.59 Å². The molecule has 4 rings (SSSR count). The van der Waals surface area contributed by atoms with Crippen LogP contribution in [0.3, 0.4) is 0 Å². The first-order chi connectivity index (χ1) is 17.1. The van der Waals surface area contributed by atoms with E-state index in [-0.39, 0.29) is 18.9 Å². The quantitative estimate of drug-likeness (QED) is 0.478. The van der Waals surface area contributed by atoms with Crippen molar-refractivity contribution in [3.63, 3.8) is 0 Å².